The van der Waals surface area contributed by atoms with Crippen LogP contribution in [-0.2, 0) is 16.0 Å². The van der Waals surface area contributed by atoms with Crippen molar-refractivity contribution in [3.8, 4) is 11.1 Å². The molecule has 0 bridgehead atoms. The molecule has 2 atom stereocenters. The Morgan fingerprint density at radius 2 is 1.84 bits per heavy atom. The molecule has 3 aromatic rings. The van der Waals surface area contributed by atoms with Gasteiger partial charge in [0.1, 0.15) is 18.1 Å². The third kappa shape index (κ3) is 4.78. The van der Waals surface area contributed by atoms with Gasteiger partial charge in [-0.15, -0.1) is 0 Å². The van der Waals surface area contributed by atoms with Gasteiger partial charge >= 0.3 is 12.1 Å². The quantitative estimate of drug-likeness (QED) is 0.451. The highest BCUT2D eigenvalue weighted by molar-refractivity contribution is 5.93. The average molecular weight is 434 g/mol. The number of cyclic esters (lactones) is 1. The molecule has 1 aliphatic rings. The van der Waals surface area contributed by atoms with E-state index in [0.29, 0.717) is 16.7 Å². The Kier molecular flexibility index (Phi) is 6.18. The second kappa shape index (κ2) is 9.20. The first-order valence-electron chi connectivity index (χ1n) is 10.3. The van der Waals surface area contributed by atoms with Crippen molar-refractivity contribution in [2.24, 2.45) is 5.73 Å². The lowest BCUT2D eigenvalue weighted by atomic mass is 9.98. The fourth-order valence-electron chi connectivity index (χ4n) is 3.64. The van der Waals surface area contributed by atoms with E-state index in [1.807, 2.05) is 36.4 Å². The Morgan fingerprint density at radius 1 is 1.12 bits per heavy atom. The van der Waals surface area contributed by atoms with Gasteiger partial charge in [0, 0.05) is 0 Å². The molecule has 1 fully saturated rings. The molecular formula is C25H23FN2O4. The summed E-state index contributed by atoms with van der Waals surface area (Å²) in [7, 11) is 0. The number of amides is 1. The third-order valence-electron chi connectivity index (χ3n) is 5.22. The molecular weight excluding hydrogens is 411 g/mol. The predicted octanol–water partition coefficient (Wildman–Crippen LogP) is 4.65. The summed E-state index contributed by atoms with van der Waals surface area (Å²) in [5.74, 6) is -0.916. The van der Waals surface area contributed by atoms with Crippen LogP contribution in [0.15, 0.2) is 72.8 Å². The molecule has 164 valence electrons. The van der Waals surface area contributed by atoms with Crippen LogP contribution in [0.3, 0.4) is 0 Å². The van der Waals surface area contributed by atoms with Gasteiger partial charge in [0.25, 0.3) is 0 Å². The number of benzene rings is 3. The molecule has 2 unspecified atom stereocenters. The van der Waals surface area contributed by atoms with E-state index in [4.69, 9.17) is 15.2 Å². The summed E-state index contributed by atoms with van der Waals surface area (Å²) in [6.07, 6.45) is -1.78. The van der Waals surface area contributed by atoms with Crippen molar-refractivity contribution in [1.82, 2.24) is 4.90 Å². The minimum absolute atomic E-state index is 0.162. The number of carbonyl (C=O) groups is 2. The van der Waals surface area contributed by atoms with Crippen LogP contribution >= 0.6 is 0 Å². The lowest BCUT2D eigenvalue weighted by Gasteiger charge is -2.17. The summed E-state index contributed by atoms with van der Waals surface area (Å²) in [4.78, 5) is 26.7. The lowest BCUT2D eigenvalue weighted by Crippen LogP contribution is -2.27. The fourth-order valence-corrected chi connectivity index (χ4v) is 3.64. The number of nitrogens with zero attached hydrogens (tertiary/aromatic N) is 1. The predicted molar refractivity (Wildman–Crippen MR) is 117 cm³/mol. The number of nitrogens with two attached hydrogens (primary N) is 1. The van der Waals surface area contributed by atoms with Crippen molar-refractivity contribution in [2.75, 3.05) is 6.54 Å². The second-order valence-electron chi connectivity index (χ2n) is 7.65. The van der Waals surface area contributed by atoms with Gasteiger partial charge in [-0.05, 0) is 47.4 Å². The van der Waals surface area contributed by atoms with Crippen LogP contribution in [-0.4, -0.2) is 29.7 Å². The fraction of sp³-hybridized carbons (Fsp3) is 0.200. The summed E-state index contributed by atoms with van der Waals surface area (Å²) in [5, 5.41) is 0. The molecule has 1 heterocycles. The molecule has 0 radical (unpaired) electrons. The van der Waals surface area contributed by atoms with Crippen LogP contribution in [0.5, 0.6) is 0 Å². The molecule has 1 saturated heterocycles. The smallest absolute Gasteiger partial charge is 0.410 e. The maximum absolute atomic E-state index is 13.2. The van der Waals surface area contributed by atoms with Crippen molar-refractivity contribution in [3.63, 3.8) is 0 Å². The zero-order chi connectivity index (χ0) is 22.7. The SMILES string of the molecule is CC(N)OC(=O)c1cc(-c2ccccc2)ccc1CN1CC(c2ccc(F)cc2)OC1=O. The number of ether oxygens (including phenoxy) is 2. The van der Waals surface area contributed by atoms with Crippen LogP contribution in [0.1, 0.15) is 34.5 Å². The van der Waals surface area contributed by atoms with Gasteiger partial charge in [0.15, 0.2) is 0 Å². The normalized spacial score (nSPS) is 16.5. The van der Waals surface area contributed by atoms with E-state index in [9.17, 15) is 14.0 Å². The van der Waals surface area contributed by atoms with E-state index in [-0.39, 0.29) is 18.9 Å². The van der Waals surface area contributed by atoms with Crippen LogP contribution in [0.4, 0.5) is 9.18 Å². The van der Waals surface area contributed by atoms with Crippen molar-refractivity contribution >= 4 is 12.1 Å². The molecule has 0 spiro atoms. The first kappa shape index (κ1) is 21.5. The van der Waals surface area contributed by atoms with Crippen LogP contribution < -0.4 is 5.73 Å². The highest BCUT2D eigenvalue weighted by Gasteiger charge is 2.33. The standard InChI is InChI=1S/C25H23FN2O4/c1-16(27)31-24(29)22-13-19(17-5-3-2-4-6-17)7-8-20(22)14-28-15-23(32-25(28)30)18-9-11-21(26)12-10-18/h2-13,16,23H,14-15,27H2,1H3. The minimum Gasteiger partial charge on any atom is -0.444 e. The summed E-state index contributed by atoms with van der Waals surface area (Å²) < 4.78 is 23.9. The third-order valence-corrected chi connectivity index (χ3v) is 5.22. The number of rotatable bonds is 6. The molecule has 6 nitrogen and oxygen atoms in total. The highest BCUT2D eigenvalue weighted by Crippen LogP contribution is 2.29. The van der Waals surface area contributed by atoms with E-state index in [1.165, 1.54) is 17.0 Å². The van der Waals surface area contributed by atoms with Crippen LogP contribution in [0.25, 0.3) is 11.1 Å². The number of halogens is 1. The Hall–Kier alpha value is -3.71. The lowest BCUT2D eigenvalue weighted by molar-refractivity contribution is 0.0353. The Balaban J connectivity index is 1.60. The van der Waals surface area contributed by atoms with Crippen LogP contribution in [0.2, 0.25) is 0 Å². The van der Waals surface area contributed by atoms with E-state index in [0.717, 1.165) is 11.1 Å². The number of hydrogen-bond acceptors (Lipinski definition) is 5. The van der Waals surface area contributed by atoms with Crippen molar-refractivity contribution < 1.29 is 23.5 Å². The average Bonchev–Trinajstić information content (AvgIpc) is 3.14. The van der Waals surface area contributed by atoms with Gasteiger partial charge in [-0.3, -0.25) is 10.6 Å². The Bertz CT molecular complexity index is 1120. The Morgan fingerprint density at radius 3 is 2.53 bits per heavy atom. The molecule has 7 heteroatoms. The minimum atomic E-state index is -0.768. The number of hydrogen-bond donors (Lipinski definition) is 1. The molecule has 1 aliphatic heterocycles. The molecule has 0 saturated carbocycles. The van der Waals surface area contributed by atoms with Crippen molar-refractivity contribution in [3.05, 3.63) is 95.3 Å². The highest BCUT2D eigenvalue weighted by atomic mass is 19.1. The summed E-state index contributed by atoms with van der Waals surface area (Å²) in [6.45, 7) is 2.02. The summed E-state index contributed by atoms with van der Waals surface area (Å²) >= 11 is 0. The van der Waals surface area contributed by atoms with Gasteiger partial charge < -0.3 is 9.47 Å². The molecule has 1 amide bonds. The summed E-state index contributed by atoms with van der Waals surface area (Å²) in [6, 6.07) is 20.9. The first-order valence-corrected chi connectivity index (χ1v) is 10.3. The molecule has 0 aliphatic carbocycles. The van der Waals surface area contributed by atoms with Gasteiger partial charge in [0.05, 0.1) is 18.7 Å². The molecule has 3 aromatic carbocycles. The Labute approximate surface area is 185 Å². The topological polar surface area (TPSA) is 81.9 Å². The van der Waals surface area contributed by atoms with Gasteiger partial charge in [-0.1, -0.05) is 54.6 Å². The molecule has 0 aromatic heterocycles. The van der Waals surface area contributed by atoms with E-state index < -0.39 is 24.4 Å². The van der Waals surface area contributed by atoms with E-state index in [2.05, 4.69) is 0 Å². The maximum atomic E-state index is 13.2. The largest absolute Gasteiger partial charge is 0.444 e. The van der Waals surface area contributed by atoms with E-state index >= 15 is 0 Å². The zero-order valence-electron chi connectivity index (χ0n) is 17.5. The second-order valence-corrected chi connectivity index (χ2v) is 7.65. The molecule has 2 N–H and O–H groups in total. The number of esters is 1. The first-order chi connectivity index (χ1) is 15.4. The van der Waals surface area contributed by atoms with Crippen LogP contribution in [0, 0.1) is 5.82 Å². The summed E-state index contributed by atoms with van der Waals surface area (Å²) in [5.41, 5.74) is 9.11. The van der Waals surface area contributed by atoms with E-state index in [1.54, 1.807) is 31.2 Å². The molecule has 4 rings (SSSR count). The number of carbonyl (C=O) groups excluding carboxylic acids is 2. The maximum Gasteiger partial charge on any atom is 0.410 e. The van der Waals surface area contributed by atoms with Gasteiger partial charge in [-0.2, -0.15) is 0 Å². The van der Waals surface area contributed by atoms with Crippen molar-refractivity contribution in [2.45, 2.75) is 25.8 Å². The van der Waals surface area contributed by atoms with Gasteiger partial charge in [0.2, 0.25) is 0 Å². The molecule has 32 heavy (non-hydrogen) atoms. The monoisotopic (exact) mass is 434 g/mol. The van der Waals surface area contributed by atoms with Gasteiger partial charge in [-0.25, -0.2) is 14.0 Å². The van der Waals surface area contributed by atoms with Crippen molar-refractivity contribution in [1.29, 1.82) is 0 Å². The zero-order valence-corrected chi connectivity index (χ0v) is 17.5.